The zero-order valence-corrected chi connectivity index (χ0v) is 11.3. The number of nitrogens with zero attached hydrogens (tertiary/aromatic N) is 1. The molecular formula is C13H14N2O5. The summed E-state index contributed by atoms with van der Waals surface area (Å²) in [5.41, 5.74) is 6.87. The second-order valence-electron chi connectivity index (χ2n) is 4.10. The summed E-state index contributed by atoms with van der Waals surface area (Å²) in [6, 6.07) is 3.37. The quantitative estimate of drug-likeness (QED) is 0.879. The van der Waals surface area contributed by atoms with Crippen LogP contribution in [0, 0.1) is 6.92 Å². The minimum Gasteiger partial charge on any atom is -0.496 e. The van der Waals surface area contributed by atoms with E-state index in [1.807, 2.05) is 6.92 Å². The van der Waals surface area contributed by atoms with Crippen molar-refractivity contribution >= 4 is 11.9 Å². The molecule has 2 rings (SSSR count). The molecule has 0 bridgehead atoms. The molecule has 20 heavy (non-hydrogen) atoms. The average molecular weight is 278 g/mol. The molecule has 0 radical (unpaired) electrons. The highest BCUT2D eigenvalue weighted by atomic mass is 16.5. The van der Waals surface area contributed by atoms with Crippen LogP contribution in [-0.2, 0) is 0 Å². The first-order valence-corrected chi connectivity index (χ1v) is 5.71. The Morgan fingerprint density at radius 3 is 2.50 bits per heavy atom. The number of hydrogen-bond acceptors (Lipinski definition) is 6. The molecule has 2 aromatic rings. The number of aryl methyl sites for hydroxylation is 1. The monoisotopic (exact) mass is 278 g/mol. The smallest absolute Gasteiger partial charge is 0.358 e. The average Bonchev–Trinajstić information content (AvgIpc) is 2.80. The molecule has 0 spiro atoms. The Hall–Kier alpha value is -2.70. The molecule has 1 heterocycles. The Morgan fingerprint density at radius 1 is 1.30 bits per heavy atom. The Balaban J connectivity index is 2.74. The molecule has 0 amide bonds. The molecule has 106 valence electrons. The highest BCUT2D eigenvalue weighted by Crippen LogP contribution is 2.40. The van der Waals surface area contributed by atoms with Crippen LogP contribution >= 0.6 is 0 Å². The fourth-order valence-electron chi connectivity index (χ4n) is 1.95. The fourth-order valence-corrected chi connectivity index (χ4v) is 1.95. The predicted molar refractivity (Wildman–Crippen MR) is 71.2 cm³/mol. The topological polar surface area (TPSA) is 108 Å². The van der Waals surface area contributed by atoms with Gasteiger partial charge in [0.15, 0.2) is 0 Å². The number of carboxylic acid groups (broad SMARTS) is 1. The number of aromatic nitrogens is 1. The molecule has 0 aliphatic carbocycles. The summed E-state index contributed by atoms with van der Waals surface area (Å²) in [5, 5.41) is 12.6. The van der Waals surface area contributed by atoms with Gasteiger partial charge in [-0.1, -0.05) is 5.16 Å². The molecule has 0 saturated carbocycles. The number of carbonyl (C=O) groups is 1. The molecular weight excluding hydrogens is 264 g/mol. The first-order valence-electron chi connectivity index (χ1n) is 5.71. The van der Waals surface area contributed by atoms with Gasteiger partial charge in [0.2, 0.25) is 11.6 Å². The number of hydrogen-bond donors (Lipinski definition) is 2. The second-order valence-corrected chi connectivity index (χ2v) is 4.10. The van der Waals surface area contributed by atoms with Crippen molar-refractivity contribution in [2.24, 2.45) is 0 Å². The van der Waals surface area contributed by atoms with Crippen LogP contribution in [0.1, 0.15) is 16.1 Å². The minimum atomic E-state index is -1.23. The van der Waals surface area contributed by atoms with Crippen LogP contribution in [0.4, 0.5) is 5.88 Å². The second kappa shape index (κ2) is 5.12. The number of anilines is 1. The highest BCUT2D eigenvalue weighted by Gasteiger charge is 2.25. The summed E-state index contributed by atoms with van der Waals surface area (Å²) in [5.74, 6) is -0.285. The van der Waals surface area contributed by atoms with Gasteiger partial charge >= 0.3 is 5.97 Å². The Labute approximate surface area is 114 Å². The molecule has 0 aliphatic heterocycles. The van der Waals surface area contributed by atoms with E-state index in [-0.39, 0.29) is 17.1 Å². The van der Waals surface area contributed by atoms with Crippen molar-refractivity contribution in [1.82, 2.24) is 5.16 Å². The number of rotatable bonds is 4. The molecule has 0 saturated heterocycles. The zero-order chi connectivity index (χ0) is 14.9. The van der Waals surface area contributed by atoms with Crippen molar-refractivity contribution in [1.29, 1.82) is 0 Å². The van der Waals surface area contributed by atoms with Gasteiger partial charge in [0, 0.05) is 5.56 Å². The van der Waals surface area contributed by atoms with Crippen LogP contribution in [0.5, 0.6) is 11.5 Å². The number of benzene rings is 1. The summed E-state index contributed by atoms with van der Waals surface area (Å²) in [4.78, 5) is 11.2. The third-order valence-electron chi connectivity index (χ3n) is 2.91. The lowest BCUT2D eigenvalue weighted by Crippen LogP contribution is -2.01. The molecule has 0 fully saturated rings. The molecule has 0 unspecified atom stereocenters. The van der Waals surface area contributed by atoms with Crippen molar-refractivity contribution in [3.63, 3.8) is 0 Å². The standard InChI is InChI=1S/C13H14N2O5/c1-6-4-9(19-3)7(5-8(6)18-2)10-11(13(16)17)15-20-12(10)14/h4-5H,14H2,1-3H3,(H,16,17). The lowest BCUT2D eigenvalue weighted by Gasteiger charge is -2.12. The van der Waals surface area contributed by atoms with Crippen LogP contribution < -0.4 is 15.2 Å². The van der Waals surface area contributed by atoms with Gasteiger partial charge in [0.1, 0.15) is 11.5 Å². The summed E-state index contributed by atoms with van der Waals surface area (Å²) in [7, 11) is 3.00. The van der Waals surface area contributed by atoms with Crippen LogP contribution in [0.3, 0.4) is 0 Å². The summed E-state index contributed by atoms with van der Waals surface area (Å²) in [6.07, 6.45) is 0. The highest BCUT2D eigenvalue weighted by molar-refractivity contribution is 5.98. The van der Waals surface area contributed by atoms with E-state index in [0.717, 1.165) is 5.56 Å². The normalized spacial score (nSPS) is 10.3. The van der Waals surface area contributed by atoms with Crippen LogP contribution in [0.2, 0.25) is 0 Å². The summed E-state index contributed by atoms with van der Waals surface area (Å²) >= 11 is 0. The van der Waals surface area contributed by atoms with Crippen molar-refractivity contribution < 1.29 is 23.9 Å². The number of ether oxygens (including phenoxy) is 2. The zero-order valence-electron chi connectivity index (χ0n) is 11.3. The van der Waals surface area contributed by atoms with Crippen LogP contribution in [0.15, 0.2) is 16.7 Å². The van der Waals surface area contributed by atoms with E-state index in [0.29, 0.717) is 17.1 Å². The van der Waals surface area contributed by atoms with Gasteiger partial charge in [-0.25, -0.2) is 4.79 Å². The van der Waals surface area contributed by atoms with Gasteiger partial charge in [0.05, 0.1) is 19.8 Å². The summed E-state index contributed by atoms with van der Waals surface area (Å²) in [6.45, 7) is 1.85. The van der Waals surface area contributed by atoms with Gasteiger partial charge in [-0.3, -0.25) is 0 Å². The maximum Gasteiger partial charge on any atom is 0.358 e. The Morgan fingerprint density at radius 2 is 1.95 bits per heavy atom. The fraction of sp³-hybridized carbons (Fsp3) is 0.231. The van der Waals surface area contributed by atoms with Gasteiger partial charge < -0.3 is 24.8 Å². The van der Waals surface area contributed by atoms with Crippen molar-refractivity contribution in [3.8, 4) is 22.6 Å². The Kier molecular flexibility index (Phi) is 3.51. The van der Waals surface area contributed by atoms with E-state index in [9.17, 15) is 4.79 Å². The molecule has 7 nitrogen and oxygen atoms in total. The van der Waals surface area contributed by atoms with E-state index in [1.165, 1.54) is 14.2 Å². The maximum absolute atomic E-state index is 11.2. The third kappa shape index (κ3) is 2.13. The van der Waals surface area contributed by atoms with Gasteiger partial charge in [0.25, 0.3) is 0 Å². The molecule has 3 N–H and O–H groups in total. The van der Waals surface area contributed by atoms with Gasteiger partial charge in [-0.2, -0.15) is 0 Å². The molecule has 1 aromatic carbocycles. The van der Waals surface area contributed by atoms with E-state index >= 15 is 0 Å². The summed E-state index contributed by atoms with van der Waals surface area (Å²) < 4.78 is 15.3. The number of nitrogen functional groups attached to an aromatic ring is 1. The Bertz CT molecular complexity index is 663. The van der Waals surface area contributed by atoms with Crippen LogP contribution in [0.25, 0.3) is 11.1 Å². The first kappa shape index (κ1) is 13.7. The van der Waals surface area contributed by atoms with Gasteiger partial charge in [-0.05, 0) is 24.6 Å². The predicted octanol–water partition coefficient (Wildman–Crippen LogP) is 1.95. The minimum absolute atomic E-state index is 0.0911. The molecule has 7 heteroatoms. The van der Waals surface area contributed by atoms with Crippen molar-refractivity contribution in [2.75, 3.05) is 20.0 Å². The third-order valence-corrected chi connectivity index (χ3v) is 2.91. The van der Waals surface area contributed by atoms with Crippen LogP contribution in [-0.4, -0.2) is 30.5 Å². The first-order chi connectivity index (χ1) is 9.49. The van der Waals surface area contributed by atoms with E-state index in [2.05, 4.69) is 5.16 Å². The van der Waals surface area contributed by atoms with Crippen molar-refractivity contribution in [2.45, 2.75) is 6.92 Å². The number of carboxylic acids is 1. The van der Waals surface area contributed by atoms with Gasteiger partial charge in [-0.15, -0.1) is 0 Å². The van der Waals surface area contributed by atoms with Crippen molar-refractivity contribution in [3.05, 3.63) is 23.4 Å². The van der Waals surface area contributed by atoms with E-state index < -0.39 is 5.97 Å². The number of methoxy groups -OCH3 is 2. The molecule has 1 aromatic heterocycles. The number of nitrogens with two attached hydrogens (primary N) is 1. The number of aromatic carboxylic acids is 1. The van der Waals surface area contributed by atoms with E-state index in [4.69, 9.17) is 24.8 Å². The lowest BCUT2D eigenvalue weighted by molar-refractivity contribution is 0.0686. The molecule has 0 aliphatic rings. The maximum atomic E-state index is 11.2. The lowest BCUT2D eigenvalue weighted by atomic mass is 10.0. The molecule has 0 atom stereocenters. The van der Waals surface area contributed by atoms with E-state index in [1.54, 1.807) is 12.1 Å². The largest absolute Gasteiger partial charge is 0.496 e. The SMILES string of the molecule is COc1cc(-c2c(C(=O)O)noc2N)c(OC)cc1C.